The highest BCUT2D eigenvalue weighted by Gasteiger charge is 2.05. The van der Waals surface area contributed by atoms with Gasteiger partial charge in [-0.3, -0.25) is 0 Å². The molecule has 2 aromatic rings. The van der Waals surface area contributed by atoms with Crippen LogP contribution in [0.1, 0.15) is 5.56 Å². The first-order valence-corrected chi connectivity index (χ1v) is 5.17. The van der Waals surface area contributed by atoms with Crippen molar-refractivity contribution in [2.24, 2.45) is 0 Å². The minimum Gasteiger partial charge on any atom is -0.374 e. The first kappa shape index (κ1) is 9.43. The summed E-state index contributed by atoms with van der Waals surface area (Å²) in [6.45, 7) is 1.95. The van der Waals surface area contributed by atoms with Crippen LogP contribution in [0.15, 0.2) is 18.2 Å². The van der Waals surface area contributed by atoms with Gasteiger partial charge in [0.25, 0.3) is 0 Å². The third-order valence-corrected chi connectivity index (χ3v) is 2.82. The van der Waals surface area contributed by atoms with Crippen LogP contribution in [0, 0.1) is 6.92 Å². The minimum atomic E-state index is 0.469. The fraction of sp³-hybridized carbons (Fsp3) is 0.111. The standard InChI is InChI=1S/C9H8ClN3S/c1-5-2-3-6(4-7(5)10)8-12-9(11)14-13-8/h2-4H,1H3,(H2,11,12,13). The number of hydrogen-bond acceptors (Lipinski definition) is 4. The van der Waals surface area contributed by atoms with E-state index >= 15 is 0 Å². The van der Waals surface area contributed by atoms with Gasteiger partial charge in [-0.15, -0.1) is 0 Å². The summed E-state index contributed by atoms with van der Waals surface area (Å²) in [5, 5.41) is 1.19. The molecule has 0 radical (unpaired) electrons. The molecule has 1 aromatic heterocycles. The molecule has 0 bridgehead atoms. The highest BCUT2D eigenvalue weighted by atomic mass is 35.5. The number of aromatic nitrogens is 2. The molecule has 0 saturated carbocycles. The topological polar surface area (TPSA) is 51.8 Å². The molecule has 0 aliphatic carbocycles. The number of rotatable bonds is 1. The van der Waals surface area contributed by atoms with Crippen LogP contribution in [0.2, 0.25) is 5.02 Å². The molecule has 0 atom stereocenters. The average molecular weight is 226 g/mol. The molecular formula is C9H8ClN3S. The Balaban J connectivity index is 2.47. The normalized spacial score (nSPS) is 10.4. The molecule has 0 unspecified atom stereocenters. The largest absolute Gasteiger partial charge is 0.374 e. The number of halogens is 1. The molecule has 0 saturated heterocycles. The quantitative estimate of drug-likeness (QED) is 0.812. The van der Waals surface area contributed by atoms with Crippen molar-refractivity contribution in [2.75, 3.05) is 5.73 Å². The fourth-order valence-electron chi connectivity index (χ4n) is 1.08. The Morgan fingerprint density at radius 1 is 1.43 bits per heavy atom. The third kappa shape index (κ3) is 1.71. The van der Waals surface area contributed by atoms with Gasteiger partial charge in [-0.2, -0.15) is 9.36 Å². The molecule has 2 rings (SSSR count). The molecule has 0 spiro atoms. The fourth-order valence-corrected chi connectivity index (χ4v) is 1.72. The summed E-state index contributed by atoms with van der Waals surface area (Å²) in [4.78, 5) is 4.08. The van der Waals surface area contributed by atoms with Crippen molar-refractivity contribution in [3.63, 3.8) is 0 Å². The maximum Gasteiger partial charge on any atom is 0.200 e. The van der Waals surface area contributed by atoms with E-state index in [0.29, 0.717) is 11.0 Å². The molecule has 1 aromatic carbocycles. The molecule has 2 N–H and O–H groups in total. The zero-order valence-corrected chi connectivity index (χ0v) is 9.06. The molecule has 72 valence electrons. The SMILES string of the molecule is Cc1ccc(-c2nsc(N)n2)cc1Cl. The number of benzene rings is 1. The van der Waals surface area contributed by atoms with Crippen LogP contribution in [-0.4, -0.2) is 9.36 Å². The lowest BCUT2D eigenvalue weighted by Crippen LogP contribution is -1.84. The van der Waals surface area contributed by atoms with Crippen LogP contribution in [-0.2, 0) is 0 Å². The van der Waals surface area contributed by atoms with E-state index in [2.05, 4.69) is 9.36 Å². The molecule has 14 heavy (non-hydrogen) atoms. The van der Waals surface area contributed by atoms with Crippen molar-refractivity contribution in [3.8, 4) is 11.4 Å². The highest BCUT2D eigenvalue weighted by molar-refractivity contribution is 7.09. The van der Waals surface area contributed by atoms with Crippen molar-refractivity contribution in [1.29, 1.82) is 0 Å². The van der Waals surface area contributed by atoms with Gasteiger partial charge in [0.05, 0.1) is 0 Å². The summed E-state index contributed by atoms with van der Waals surface area (Å²) in [5.74, 6) is 0.634. The van der Waals surface area contributed by atoms with E-state index < -0.39 is 0 Å². The number of nitrogen functional groups attached to an aromatic ring is 1. The van der Waals surface area contributed by atoms with E-state index in [1.54, 1.807) is 0 Å². The minimum absolute atomic E-state index is 0.469. The van der Waals surface area contributed by atoms with Crippen LogP contribution in [0.5, 0.6) is 0 Å². The number of nitrogens with zero attached hydrogens (tertiary/aromatic N) is 2. The Morgan fingerprint density at radius 3 is 2.79 bits per heavy atom. The van der Waals surface area contributed by atoms with Gasteiger partial charge in [0.1, 0.15) is 0 Å². The molecule has 5 heteroatoms. The van der Waals surface area contributed by atoms with Gasteiger partial charge in [0.15, 0.2) is 11.0 Å². The predicted molar refractivity (Wildman–Crippen MR) is 59.5 cm³/mol. The number of hydrogen-bond donors (Lipinski definition) is 1. The van der Waals surface area contributed by atoms with Crippen molar-refractivity contribution in [2.45, 2.75) is 6.92 Å². The zero-order chi connectivity index (χ0) is 10.1. The second kappa shape index (κ2) is 3.55. The van der Waals surface area contributed by atoms with Crippen molar-refractivity contribution in [3.05, 3.63) is 28.8 Å². The van der Waals surface area contributed by atoms with E-state index in [9.17, 15) is 0 Å². The molecule has 0 aliphatic rings. The maximum absolute atomic E-state index is 5.99. The first-order chi connectivity index (χ1) is 6.66. The summed E-state index contributed by atoms with van der Waals surface area (Å²) in [6, 6.07) is 5.72. The van der Waals surface area contributed by atoms with Gasteiger partial charge in [0.2, 0.25) is 0 Å². The monoisotopic (exact) mass is 225 g/mol. The van der Waals surface area contributed by atoms with Gasteiger partial charge < -0.3 is 5.73 Å². The Morgan fingerprint density at radius 2 is 2.21 bits per heavy atom. The zero-order valence-electron chi connectivity index (χ0n) is 7.49. The van der Waals surface area contributed by atoms with Gasteiger partial charge in [0, 0.05) is 22.1 Å². The van der Waals surface area contributed by atoms with Crippen molar-refractivity contribution in [1.82, 2.24) is 9.36 Å². The summed E-state index contributed by atoms with van der Waals surface area (Å²) >= 11 is 7.17. The lowest BCUT2D eigenvalue weighted by Gasteiger charge is -1.99. The smallest absolute Gasteiger partial charge is 0.200 e. The van der Waals surface area contributed by atoms with E-state index in [1.165, 1.54) is 11.5 Å². The maximum atomic E-state index is 5.99. The molecule has 3 nitrogen and oxygen atoms in total. The Hall–Kier alpha value is -1.13. The Bertz CT molecular complexity index is 467. The summed E-state index contributed by atoms with van der Waals surface area (Å²) < 4.78 is 4.10. The second-order valence-corrected chi connectivity index (χ2v) is 4.11. The number of aryl methyl sites for hydroxylation is 1. The lowest BCUT2D eigenvalue weighted by molar-refractivity contribution is 1.32. The van der Waals surface area contributed by atoms with Gasteiger partial charge in [-0.05, 0) is 18.6 Å². The van der Waals surface area contributed by atoms with E-state index in [1.807, 2.05) is 25.1 Å². The Kier molecular flexibility index (Phi) is 2.39. The molecule has 1 heterocycles. The van der Waals surface area contributed by atoms with Crippen molar-refractivity contribution >= 4 is 28.3 Å². The van der Waals surface area contributed by atoms with Gasteiger partial charge >= 0.3 is 0 Å². The molecular weight excluding hydrogens is 218 g/mol. The van der Waals surface area contributed by atoms with Crippen LogP contribution in [0.4, 0.5) is 5.13 Å². The number of nitrogens with two attached hydrogens (primary N) is 1. The molecule has 0 fully saturated rings. The summed E-state index contributed by atoms with van der Waals surface area (Å²) in [6.07, 6.45) is 0. The van der Waals surface area contributed by atoms with Crippen LogP contribution in [0.3, 0.4) is 0 Å². The second-order valence-electron chi connectivity index (χ2n) is 2.92. The first-order valence-electron chi connectivity index (χ1n) is 4.02. The third-order valence-electron chi connectivity index (χ3n) is 1.87. The van der Waals surface area contributed by atoms with E-state index in [0.717, 1.165) is 16.1 Å². The van der Waals surface area contributed by atoms with E-state index in [4.69, 9.17) is 17.3 Å². The van der Waals surface area contributed by atoms with Crippen LogP contribution in [0.25, 0.3) is 11.4 Å². The lowest BCUT2D eigenvalue weighted by atomic mass is 10.1. The summed E-state index contributed by atoms with van der Waals surface area (Å²) in [7, 11) is 0. The Labute approximate surface area is 90.7 Å². The van der Waals surface area contributed by atoms with Crippen LogP contribution >= 0.6 is 23.1 Å². The van der Waals surface area contributed by atoms with E-state index in [-0.39, 0.29) is 0 Å². The average Bonchev–Trinajstić information content (AvgIpc) is 2.57. The predicted octanol–water partition coefficient (Wildman–Crippen LogP) is 2.75. The molecule has 0 amide bonds. The summed E-state index contributed by atoms with van der Waals surface area (Å²) in [5.41, 5.74) is 7.43. The molecule has 0 aliphatic heterocycles. The van der Waals surface area contributed by atoms with Gasteiger partial charge in [-0.25, -0.2) is 0 Å². The van der Waals surface area contributed by atoms with Crippen LogP contribution < -0.4 is 5.73 Å². The van der Waals surface area contributed by atoms with Crippen molar-refractivity contribution < 1.29 is 0 Å². The van der Waals surface area contributed by atoms with Gasteiger partial charge in [-0.1, -0.05) is 23.7 Å². The highest BCUT2D eigenvalue weighted by Crippen LogP contribution is 2.24. The number of anilines is 1.